The lowest BCUT2D eigenvalue weighted by Gasteiger charge is -2.37. The molecule has 3 aliphatic heterocycles. The van der Waals surface area contributed by atoms with Gasteiger partial charge in [-0.15, -0.1) is 0 Å². The molecular formula is C21H26FN3O3. The molecule has 3 atom stereocenters. The molecule has 0 spiro atoms. The Hall–Kier alpha value is -2.15. The molecule has 1 aromatic carbocycles. The average Bonchev–Trinajstić information content (AvgIpc) is 3.50. The number of rotatable bonds is 2. The molecule has 1 saturated carbocycles. The van der Waals surface area contributed by atoms with Gasteiger partial charge in [-0.1, -0.05) is 0 Å². The van der Waals surface area contributed by atoms with Gasteiger partial charge in [-0.3, -0.25) is 14.5 Å². The Balaban J connectivity index is 1.28. The van der Waals surface area contributed by atoms with E-state index < -0.39 is 0 Å². The van der Waals surface area contributed by atoms with Crippen molar-refractivity contribution >= 4 is 11.8 Å². The monoisotopic (exact) mass is 387 g/mol. The van der Waals surface area contributed by atoms with Gasteiger partial charge in [-0.05, 0) is 38.1 Å². The van der Waals surface area contributed by atoms with Crippen molar-refractivity contribution in [2.45, 2.75) is 18.9 Å². The number of carbonyl (C=O) groups is 2. The van der Waals surface area contributed by atoms with Gasteiger partial charge in [-0.25, -0.2) is 4.39 Å². The fourth-order valence-corrected chi connectivity index (χ4v) is 5.08. The van der Waals surface area contributed by atoms with E-state index in [0.717, 1.165) is 24.2 Å². The zero-order chi connectivity index (χ0) is 19.4. The fraction of sp³-hybridized carbons (Fsp3) is 0.619. The Morgan fingerprint density at radius 1 is 1.07 bits per heavy atom. The molecule has 0 bridgehead atoms. The third-order valence-corrected chi connectivity index (χ3v) is 6.75. The highest BCUT2D eigenvalue weighted by atomic mass is 19.1. The van der Waals surface area contributed by atoms with Gasteiger partial charge in [0.1, 0.15) is 11.6 Å². The number of hydrogen-bond acceptors (Lipinski definition) is 4. The van der Waals surface area contributed by atoms with E-state index in [1.165, 1.54) is 12.1 Å². The molecule has 28 heavy (non-hydrogen) atoms. The van der Waals surface area contributed by atoms with Crippen LogP contribution in [0.1, 0.15) is 24.4 Å². The summed E-state index contributed by atoms with van der Waals surface area (Å²) >= 11 is 0. The third kappa shape index (κ3) is 2.96. The number of amides is 2. The zero-order valence-electron chi connectivity index (χ0n) is 16.1. The summed E-state index contributed by atoms with van der Waals surface area (Å²) in [6.07, 6.45) is 2.02. The summed E-state index contributed by atoms with van der Waals surface area (Å²) in [6.45, 7) is 3.57. The van der Waals surface area contributed by atoms with E-state index in [1.54, 1.807) is 6.07 Å². The van der Waals surface area contributed by atoms with Crippen LogP contribution in [0.15, 0.2) is 18.2 Å². The molecule has 150 valence electrons. The second-order valence-electron chi connectivity index (χ2n) is 8.57. The van der Waals surface area contributed by atoms with Gasteiger partial charge in [0, 0.05) is 56.2 Å². The number of nitrogens with zero attached hydrogens (tertiary/aromatic N) is 3. The average molecular weight is 387 g/mol. The normalized spacial score (nSPS) is 29.9. The SMILES string of the molecule is CN1C[C@@H](C(=O)N2CCN(C(=O)C3CC3)CC2)[C@@H]2COc3ccc(F)cc3[C@@H]21. The van der Waals surface area contributed by atoms with Crippen LogP contribution in [-0.2, 0) is 9.59 Å². The lowest BCUT2D eigenvalue weighted by atomic mass is 9.84. The molecule has 2 saturated heterocycles. The molecule has 5 rings (SSSR count). The Morgan fingerprint density at radius 2 is 1.75 bits per heavy atom. The predicted molar refractivity (Wildman–Crippen MR) is 100 cm³/mol. The Bertz CT molecular complexity index is 804. The summed E-state index contributed by atoms with van der Waals surface area (Å²) in [5, 5.41) is 0. The zero-order valence-corrected chi connectivity index (χ0v) is 16.1. The first-order valence-electron chi connectivity index (χ1n) is 10.2. The lowest BCUT2D eigenvalue weighted by Crippen LogP contribution is -2.53. The van der Waals surface area contributed by atoms with E-state index >= 15 is 0 Å². The number of hydrogen-bond donors (Lipinski definition) is 0. The number of fused-ring (bicyclic) bond motifs is 3. The Morgan fingerprint density at radius 3 is 2.43 bits per heavy atom. The van der Waals surface area contributed by atoms with Crippen LogP contribution in [0.4, 0.5) is 4.39 Å². The maximum Gasteiger partial charge on any atom is 0.227 e. The maximum atomic E-state index is 13.8. The van der Waals surface area contributed by atoms with E-state index in [1.807, 2.05) is 16.8 Å². The van der Waals surface area contributed by atoms with Crippen LogP contribution in [0.5, 0.6) is 5.75 Å². The van der Waals surface area contributed by atoms with Crippen molar-refractivity contribution in [3.63, 3.8) is 0 Å². The fourth-order valence-electron chi connectivity index (χ4n) is 5.08. The van der Waals surface area contributed by atoms with Crippen molar-refractivity contribution in [2.75, 3.05) is 46.4 Å². The molecule has 0 aromatic heterocycles. The van der Waals surface area contributed by atoms with Crippen molar-refractivity contribution in [1.29, 1.82) is 0 Å². The van der Waals surface area contributed by atoms with Crippen LogP contribution in [0.2, 0.25) is 0 Å². The second-order valence-corrected chi connectivity index (χ2v) is 8.57. The first-order valence-corrected chi connectivity index (χ1v) is 10.2. The van der Waals surface area contributed by atoms with Crippen molar-refractivity contribution in [3.05, 3.63) is 29.6 Å². The lowest BCUT2D eigenvalue weighted by molar-refractivity contribution is -0.143. The molecule has 7 heteroatoms. The van der Waals surface area contributed by atoms with E-state index in [-0.39, 0.29) is 41.4 Å². The topological polar surface area (TPSA) is 53.1 Å². The van der Waals surface area contributed by atoms with Gasteiger partial charge in [-0.2, -0.15) is 0 Å². The van der Waals surface area contributed by atoms with E-state index in [9.17, 15) is 14.0 Å². The molecule has 0 unspecified atom stereocenters. The number of likely N-dealkylation sites (tertiary alicyclic amines) is 1. The highest BCUT2D eigenvalue weighted by Gasteiger charge is 2.49. The van der Waals surface area contributed by atoms with Crippen molar-refractivity contribution in [3.8, 4) is 5.75 Å². The summed E-state index contributed by atoms with van der Waals surface area (Å²) in [5.41, 5.74) is 0.842. The van der Waals surface area contributed by atoms with Gasteiger partial charge in [0.05, 0.1) is 12.5 Å². The minimum absolute atomic E-state index is 0.00568. The Kier molecular flexibility index (Phi) is 4.30. The van der Waals surface area contributed by atoms with Crippen LogP contribution in [0, 0.1) is 23.6 Å². The van der Waals surface area contributed by atoms with Crippen molar-refractivity contribution in [2.24, 2.45) is 17.8 Å². The van der Waals surface area contributed by atoms with Gasteiger partial charge in [0.15, 0.2) is 0 Å². The standard InChI is InChI=1S/C21H26FN3O3/c1-23-11-16(17-12-28-18-5-4-14(22)10-15(18)19(17)23)21(27)25-8-6-24(7-9-25)20(26)13-2-3-13/h4-5,10,13,16-17,19H,2-3,6-9,11-12H2,1H3/t16-,17+,19+/m1/s1. The number of carbonyl (C=O) groups excluding carboxylic acids is 2. The van der Waals surface area contributed by atoms with Gasteiger partial charge in [0.2, 0.25) is 11.8 Å². The summed E-state index contributed by atoms with van der Waals surface area (Å²) in [5.74, 6) is 0.937. The van der Waals surface area contributed by atoms with Crippen LogP contribution in [0.25, 0.3) is 0 Å². The molecule has 4 aliphatic rings. The summed E-state index contributed by atoms with van der Waals surface area (Å²) < 4.78 is 19.7. The largest absolute Gasteiger partial charge is 0.493 e. The third-order valence-electron chi connectivity index (χ3n) is 6.75. The Labute approximate surface area is 164 Å². The van der Waals surface area contributed by atoms with Crippen molar-refractivity contribution < 1.29 is 18.7 Å². The maximum absolute atomic E-state index is 13.8. The molecule has 3 fully saturated rings. The van der Waals surface area contributed by atoms with Gasteiger partial charge >= 0.3 is 0 Å². The van der Waals surface area contributed by atoms with Crippen LogP contribution in [-0.4, -0.2) is 72.9 Å². The number of piperazine rings is 1. The molecule has 2 amide bonds. The summed E-state index contributed by atoms with van der Waals surface area (Å²) in [4.78, 5) is 31.5. The molecule has 1 aromatic rings. The van der Waals surface area contributed by atoms with Crippen LogP contribution in [0.3, 0.4) is 0 Å². The quantitative estimate of drug-likeness (QED) is 0.772. The molecule has 0 N–H and O–H groups in total. The molecule has 6 nitrogen and oxygen atoms in total. The highest BCUT2D eigenvalue weighted by molar-refractivity contribution is 5.82. The number of ether oxygens (including phenoxy) is 1. The molecule has 0 radical (unpaired) electrons. The smallest absolute Gasteiger partial charge is 0.227 e. The first-order chi connectivity index (χ1) is 13.5. The molecule has 1 aliphatic carbocycles. The highest BCUT2D eigenvalue weighted by Crippen LogP contribution is 2.47. The van der Waals surface area contributed by atoms with Gasteiger partial charge in [0.25, 0.3) is 0 Å². The first kappa shape index (κ1) is 17.9. The van der Waals surface area contributed by atoms with Crippen LogP contribution >= 0.6 is 0 Å². The molecular weight excluding hydrogens is 361 g/mol. The predicted octanol–water partition coefficient (Wildman–Crippen LogP) is 1.52. The van der Waals surface area contributed by atoms with E-state index in [4.69, 9.17) is 4.74 Å². The minimum atomic E-state index is -0.275. The van der Waals surface area contributed by atoms with Gasteiger partial charge < -0.3 is 14.5 Å². The molecule has 3 heterocycles. The second kappa shape index (κ2) is 6.72. The van der Waals surface area contributed by atoms with E-state index in [0.29, 0.717) is 39.3 Å². The number of benzene rings is 1. The van der Waals surface area contributed by atoms with Crippen molar-refractivity contribution in [1.82, 2.24) is 14.7 Å². The van der Waals surface area contributed by atoms with Crippen LogP contribution < -0.4 is 4.74 Å². The van der Waals surface area contributed by atoms with E-state index in [2.05, 4.69) is 4.90 Å². The summed E-state index contributed by atoms with van der Waals surface area (Å²) in [7, 11) is 2.00. The minimum Gasteiger partial charge on any atom is -0.493 e. The number of halogens is 1. The summed E-state index contributed by atoms with van der Waals surface area (Å²) in [6, 6.07) is 4.64.